The molecule has 1 aliphatic rings. The molecule has 1 aliphatic heterocycles. The number of carbonyl (C=O) groups excluding carboxylic acids is 4. The monoisotopic (exact) mass is 565 g/mol. The van der Waals surface area contributed by atoms with Gasteiger partial charge in [-0.2, -0.15) is 0 Å². The van der Waals surface area contributed by atoms with E-state index in [1.165, 1.54) is 6.92 Å². The van der Waals surface area contributed by atoms with Gasteiger partial charge in [-0.05, 0) is 63.6 Å². The maximum atomic E-state index is 13.6. The van der Waals surface area contributed by atoms with Crippen LogP contribution in [0, 0.1) is 5.92 Å². The van der Waals surface area contributed by atoms with E-state index in [4.69, 9.17) is 17.2 Å². The lowest BCUT2D eigenvalue weighted by Gasteiger charge is -2.26. The lowest BCUT2D eigenvalue weighted by Crippen LogP contribution is -2.45. The molecule has 7 N–H and O–H groups in total. The summed E-state index contributed by atoms with van der Waals surface area (Å²) in [5.41, 5.74) is 18.0. The van der Waals surface area contributed by atoms with E-state index in [-0.39, 0.29) is 42.2 Å². The van der Waals surface area contributed by atoms with Crippen LogP contribution in [0.25, 0.3) is 10.9 Å². The molecule has 1 aromatic heterocycles. The lowest BCUT2D eigenvalue weighted by atomic mass is 9.91. The van der Waals surface area contributed by atoms with Gasteiger partial charge in [0.05, 0.1) is 24.0 Å². The van der Waals surface area contributed by atoms with Crippen LogP contribution in [0.2, 0.25) is 0 Å². The number of hydrogen-bond acceptors (Lipinski definition) is 7. The molecule has 1 saturated heterocycles. The van der Waals surface area contributed by atoms with E-state index in [2.05, 4.69) is 15.3 Å². The number of fused-ring (bicyclic) bond motifs is 1. The molecule has 1 fully saturated rings. The molecule has 41 heavy (non-hydrogen) atoms. The molecule has 0 bridgehead atoms. The molecule has 0 aliphatic carbocycles. The van der Waals surface area contributed by atoms with E-state index in [0.717, 1.165) is 29.3 Å². The number of Topliss-reactive ketones (excluding diaryl/α,β-unsaturated/α-hetero) is 2. The number of unbranched alkanes of at least 4 members (excludes halogenated alkanes) is 1. The minimum absolute atomic E-state index is 0.000695. The summed E-state index contributed by atoms with van der Waals surface area (Å²) >= 11 is 0. The van der Waals surface area contributed by atoms with Crippen LogP contribution in [0.3, 0.4) is 0 Å². The Bertz CT molecular complexity index is 1240. The van der Waals surface area contributed by atoms with Crippen LogP contribution >= 0.6 is 0 Å². The molecule has 1 aromatic carbocycles. The Balaban J connectivity index is 1.67. The summed E-state index contributed by atoms with van der Waals surface area (Å²) in [6, 6.07) is 8.29. The van der Waals surface area contributed by atoms with Crippen molar-refractivity contribution in [1.29, 1.82) is 0 Å². The predicted molar refractivity (Wildman–Crippen MR) is 159 cm³/mol. The van der Waals surface area contributed by atoms with Crippen LogP contribution in [0.4, 0.5) is 0 Å². The fraction of sp³-hybridized carbons (Fsp3) is 0.533. The number of benzene rings is 1. The van der Waals surface area contributed by atoms with Gasteiger partial charge in [-0.1, -0.05) is 30.7 Å². The number of carbonyl (C=O) groups is 4. The quantitative estimate of drug-likeness (QED) is 0.134. The van der Waals surface area contributed by atoms with E-state index in [0.29, 0.717) is 51.7 Å². The van der Waals surface area contributed by atoms with E-state index < -0.39 is 18.0 Å². The third-order valence-corrected chi connectivity index (χ3v) is 7.58. The van der Waals surface area contributed by atoms with Crippen LogP contribution in [-0.2, 0) is 25.6 Å². The van der Waals surface area contributed by atoms with E-state index in [9.17, 15) is 19.2 Å². The molecule has 0 radical (unpaired) electrons. The van der Waals surface area contributed by atoms with Crippen molar-refractivity contribution >= 4 is 40.2 Å². The van der Waals surface area contributed by atoms with Crippen molar-refractivity contribution in [2.75, 3.05) is 19.6 Å². The number of rotatable bonds is 16. The molecule has 11 nitrogen and oxygen atoms in total. The Morgan fingerprint density at radius 1 is 1.10 bits per heavy atom. The first kappa shape index (κ1) is 31.7. The number of nitrogens with two attached hydrogens (primary N) is 3. The van der Waals surface area contributed by atoms with Crippen molar-refractivity contribution in [3.8, 4) is 0 Å². The number of para-hydroxylation sites is 1. The number of nitrogens with zero attached hydrogens (tertiary/aromatic N) is 3. The van der Waals surface area contributed by atoms with Crippen molar-refractivity contribution in [3.05, 3.63) is 42.1 Å². The first-order valence-electron chi connectivity index (χ1n) is 14.4. The molecule has 2 aromatic rings. The summed E-state index contributed by atoms with van der Waals surface area (Å²) in [5, 5.41) is 3.80. The number of likely N-dealkylation sites (tertiary alicyclic amines) is 1. The Hall–Kier alpha value is -3.86. The Morgan fingerprint density at radius 2 is 1.88 bits per heavy atom. The number of aliphatic imine (C=N–C) groups is 1. The number of hydrogen-bond donors (Lipinski definition) is 4. The van der Waals surface area contributed by atoms with Gasteiger partial charge in [0.15, 0.2) is 17.5 Å². The summed E-state index contributed by atoms with van der Waals surface area (Å²) in [6.45, 7) is 2.76. The normalized spacial score (nSPS) is 16.2. The highest BCUT2D eigenvalue weighted by atomic mass is 16.2. The van der Waals surface area contributed by atoms with Crippen LogP contribution in [0.15, 0.2) is 41.5 Å². The number of aromatic nitrogens is 1. The molecule has 2 amide bonds. The molecule has 3 atom stereocenters. The van der Waals surface area contributed by atoms with Gasteiger partial charge in [-0.15, -0.1) is 0 Å². The zero-order chi connectivity index (χ0) is 29.8. The smallest absolute Gasteiger partial charge is 0.227 e. The fourth-order valence-corrected chi connectivity index (χ4v) is 5.38. The second-order valence-electron chi connectivity index (χ2n) is 10.7. The van der Waals surface area contributed by atoms with Crippen molar-refractivity contribution in [2.45, 2.75) is 76.8 Å². The third-order valence-electron chi connectivity index (χ3n) is 7.58. The fourth-order valence-electron chi connectivity index (χ4n) is 5.38. The molecule has 0 saturated carbocycles. The van der Waals surface area contributed by atoms with Gasteiger partial charge in [0.1, 0.15) is 0 Å². The van der Waals surface area contributed by atoms with E-state index in [1.807, 2.05) is 30.3 Å². The number of guanidine groups is 1. The second-order valence-corrected chi connectivity index (χ2v) is 10.7. The van der Waals surface area contributed by atoms with Crippen LogP contribution in [0.5, 0.6) is 0 Å². The number of amides is 2. The molecule has 0 spiro atoms. The molecule has 0 unspecified atom stereocenters. The van der Waals surface area contributed by atoms with Gasteiger partial charge < -0.3 is 27.4 Å². The van der Waals surface area contributed by atoms with Crippen LogP contribution < -0.4 is 22.5 Å². The van der Waals surface area contributed by atoms with Crippen molar-refractivity contribution in [2.24, 2.45) is 28.1 Å². The van der Waals surface area contributed by atoms with Crippen molar-refractivity contribution < 1.29 is 19.2 Å². The summed E-state index contributed by atoms with van der Waals surface area (Å²) in [4.78, 5) is 62.5. The zero-order valence-corrected chi connectivity index (χ0v) is 23.9. The van der Waals surface area contributed by atoms with Gasteiger partial charge in [-0.25, -0.2) is 0 Å². The van der Waals surface area contributed by atoms with Gasteiger partial charge in [0.2, 0.25) is 11.8 Å². The maximum Gasteiger partial charge on any atom is 0.227 e. The highest BCUT2D eigenvalue weighted by molar-refractivity contribution is 5.95. The van der Waals surface area contributed by atoms with E-state index in [1.54, 1.807) is 11.1 Å². The van der Waals surface area contributed by atoms with Gasteiger partial charge in [-0.3, -0.25) is 29.2 Å². The SMILES string of the molecule is CC(=O)[C@H](CCCN=C(N)N)NC(=O)[C@H](CCCCN)CC(=O)[C@@H]1CCCN1C(=O)Cc1cccc2cccnc12. The Morgan fingerprint density at radius 3 is 2.61 bits per heavy atom. The summed E-state index contributed by atoms with van der Waals surface area (Å²) in [7, 11) is 0. The highest BCUT2D eigenvalue weighted by Crippen LogP contribution is 2.25. The molecular formula is C30H43N7O4. The third kappa shape index (κ3) is 9.34. The molecule has 222 valence electrons. The predicted octanol–water partition coefficient (Wildman–Crippen LogP) is 1.60. The molecular weight excluding hydrogens is 522 g/mol. The molecule has 11 heteroatoms. The summed E-state index contributed by atoms with van der Waals surface area (Å²) in [5.74, 6) is -1.42. The minimum atomic E-state index is -0.692. The highest BCUT2D eigenvalue weighted by Gasteiger charge is 2.36. The lowest BCUT2D eigenvalue weighted by molar-refractivity contribution is -0.138. The number of nitrogens with one attached hydrogen (secondary N) is 1. The number of ketones is 2. The minimum Gasteiger partial charge on any atom is -0.370 e. The van der Waals surface area contributed by atoms with Gasteiger partial charge >= 0.3 is 0 Å². The Kier molecular flexibility index (Phi) is 12.2. The van der Waals surface area contributed by atoms with Crippen LogP contribution in [0.1, 0.15) is 63.9 Å². The zero-order valence-electron chi connectivity index (χ0n) is 23.9. The Labute approximate surface area is 241 Å². The standard InChI is InChI=1S/C30H43N7O4/c1-20(38)24(12-6-16-35-30(32)33)36-29(41)23(8-2-3-14-31)18-26(39)25-13-7-17-37(25)27(40)19-22-10-4-9-21-11-5-15-34-28(21)22/h4-5,9-11,15,23-25H,2-3,6-8,12-14,16-19,31H2,1H3,(H,36,41)(H4,32,33,35)/t23-,24+,25+/m1/s1. The second kappa shape index (κ2) is 15.8. The topological polar surface area (TPSA) is 187 Å². The number of pyridine rings is 1. The first-order valence-corrected chi connectivity index (χ1v) is 14.4. The van der Waals surface area contributed by atoms with Gasteiger partial charge in [0, 0.05) is 37.0 Å². The van der Waals surface area contributed by atoms with E-state index >= 15 is 0 Å². The first-order chi connectivity index (χ1) is 19.7. The van der Waals surface area contributed by atoms with Crippen molar-refractivity contribution in [1.82, 2.24) is 15.2 Å². The average Bonchev–Trinajstić information content (AvgIpc) is 3.44. The molecule has 2 heterocycles. The summed E-state index contributed by atoms with van der Waals surface area (Å²) in [6.07, 6.45) is 5.92. The average molecular weight is 566 g/mol. The summed E-state index contributed by atoms with van der Waals surface area (Å²) < 4.78 is 0. The van der Waals surface area contributed by atoms with Crippen molar-refractivity contribution in [3.63, 3.8) is 0 Å². The molecule has 3 rings (SSSR count). The van der Waals surface area contributed by atoms with Crippen LogP contribution in [-0.4, -0.2) is 70.9 Å². The largest absolute Gasteiger partial charge is 0.370 e. The van der Waals surface area contributed by atoms with Gasteiger partial charge in [0.25, 0.3) is 0 Å². The maximum absolute atomic E-state index is 13.6.